The molecule has 18 heavy (non-hydrogen) atoms. The predicted molar refractivity (Wildman–Crippen MR) is 70.2 cm³/mol. The number of benzene rings is 2. The summed E-state index contributed by atoms with van der Waals surface area (Å²) < 4.78 is 5.17. The Bertz CT molecular complexity index is 588. The lowest BCUT2D eigenvalue weighted by Gasteiger charge is -2.09. The Morgan fingerprint density at radius 3 is 2.56 bits per heavy atom. The number of hydrogen-bond acceptors (Lipinski definition) is 3. The monoisotopic (exact) mass is 242 g/mol. The molecule has 0 saturated carbocycles. The van der Waals surface area contributed by atoms with Gasteiger partial charge in [-0.25, -0.2) is 0 Å². The second-order valence-corrected chi connectivity index (χ2v) is 4.11. The number of phenolic OH excluding ortho intramolecular Hbond substituents is 1. The van der Waals surface area contributed by atoms with Crippen molar-refractivity contribution in [2.24, 2.45) is 0 Å². The van der Waals surface area contributed by atoms with E-state index in [0.717, 1.165) is 23.0 Å². The molecule has 3 heteroatoms. The molecule has 0 aliphatic carbocycles. The zero-order valence-electron chi connectivity index (χ0n) is 10.3. The maximum atomic E-state index is 10.9. The Morgan fingerprint density at radius 1 is 1.17 bits per heavy atom. The van der Waals surface area contributed by atoms with Gasteiger partial charge in [0.1, 0.15) is 17.8 Å². The van der Waals surface area contributed by atoms with E-state index >= 15 is 0 Å². The molecule has 2 aromatic rings. The average Bonchev–Trinajstić information content (AvgIpc) is 2.38. The maximum Gasteiger partial charge on any atom is 0.150 e. The average molecular weight is 242 g/mol. The van der Waals surface area contributed by atoms with Gasteiger partial charge in [-0.1, -0.05) is 6.07 Å². The zero-order chi connectivity index (χ0) is 13.1. The molecule has 92 valence electrons. The van der Waals surface area contributed by atoms with Crippen LogP contribution in [0.25, 0.3) is 11.1 Å². The van der Waals surface area contributed by atoms with Crippen LogP contribution in [0.1, 0.15) is 15.9 Å². The number of aryl methyl sites for hydroxylation is 1. The maximum absolute atomic E-state index is 10.9. The minimum atomic E-state index is 0.231. The van der Waals surface area contributed by atoms with Gasteiger partial charge >= 0.3 is 0 Å². The molecule has 2 aromatic carbocycles. The van der Waals surface area contributed by atoms with Gasteiger partial charge in [-0.3, -0.25) is 4.79 Å². The third-order valence-corrected chi connectivity index (χ3v) is 2.82. The molecular weight excluding hydrogens is 228 g/mol. The Balaban J connectivity index is 2.58. The third-order valence-electron chi connectivity index (χ3n) is 2.82. The van der Waals surface area contributed by atoms with Gasteiger partial charge in [0.15, 0.2) is 0 Å². The first-order valence-electron chi connectivity index (χ1n) is 5.58. The summed E-state index contributed by atoms with van der Waals surface area (Å²) in [4.78, 5) is 10.9. The molecule has 0 fully saturated rings. The SMILES string of the molecule is COc1cc(C=O)cc(-c2ccc(O)cc2C)c1. The normalized spacial score (nSPS) is 10.1. The Morgan fingerprint density at radius 2 is 1.94 bits per heavy atom. The molecule has 0 saturated heterocycles. The van der Waals surface area contributed by atoms with Gasteiger partial charge in [0.2, 0.25) is 0 Å². The number of ether oxygens (including phenoxy) is 1. The molecule has 0 spiro atoms. The molecule has 0 unspecified atom stereocenters. The molecule has 0 amide bonds. The zero-order valence-corrected chi connectivity index (χ0v) is 10.3. The van der Waals surface area contributed by atoms with E-state index in [-0.39, 0.29) is 5.75 Å². The number of carbonyl (C=O) groups is 1. The van der Waals surface area contributed by atoms with Crippen LogP contribution in [0.5, 0.6) is 11.5 Å². The summed E-state index contributed by atoms with van der Waals surface area (Å²) in [5.41, 5.74) is 3.38. The van der Waals surface area contributed by atoms with Crippen molar-refractivity contribution in [1.29, 1.82) is 0 Å². The number of aromatic hydroxyl groups is 1. The molecule has 0 aliphatic heterocycles. The van der Waals surface area contributed by atoms with Crippen LogP contribution in [0.3, 0.4) is 0 Å². The lowest BCUT2D eigenvalue weighted by atomic mass is 9.98. The van der Waals surface area contributed by atoms with E-state index in [1.54, 1.807) is 31.4 Å². The van der Waals surface area contributed by atoms with E-state index in [1.807, 2.05) is 19.1 Å². The van der Waals surface area contributed by atoms with Gasteiger partial charge in [-0.2, -0.15) is 0 Å². The molecule has 0 atom stereocenters. The van der Waals surface area contributed by atoms with Crippen LogP contribution in [0, 0.1) is 6.92 Å². The molecule has 1 N–H and O–H groups in total. The van der Waals surface area contributed by atoms with Crippen LogP contribution in [-0.2, 0) is 0 Å². The molecule has 0 aromatic heterocycles. The summed E-state index contributed by atoms with van der Waals surface area (Å²) in [7, 11) is 1.57. The highest BCUT2D eigenvalue weighted by Crippen LogP contribution is 2.29. The van der Waals surface area contributed by atoms with Gasteiger partial charge in [-0.15, -0.1) is 0 Å². The molecule has 0 bridgehead atoms. The van der Waals surface area contributed by atoms with Gasteiger partial charge in [-0.05, 0) is 53.9 Å². The number of hydrogen-bond donors (Lipinski definition) is 1. The fourth-order valence-corrected chi connectivity index (χ4v) is 1.94. The second kappa shape index (κ2) is 4.92. The number of carbonyl (C=O) groups excluding carboxylic acids is 1. The lowest BCUT2D eigenvalue weighted by Crippen LogP contribution is -1.90. The standard InChI is InChI=1S/C15H14O3/c1-10-5-13(17)3-4-15(10)12-6-11(9-16)7-14(8-12)18-2/h3-9,17H,1-2H3. The molecular formula is C15H14O3. The summed E-state index contributed by atoms with van der Waals surface area (Å²) in [5, 5.41) is 9.41. The number of phenols is 1. The number of aldehydes is 1. The first-order valence-corrected chi connectivity index (χ1v) is 5.58. The van der Waals surface area contributed by atoms with Crippen LogP contribution in [0.4, 0.5) is 0 Å². The van der Waals surface area contributed by atoms with E-state index in [4.69, 9.17) is 4.74 Å². The van der Waals surface area contributed by atoms with Crippen molar-refractivity contribution in [2.45, 2.75) is 6.92 Å². The van der Waals surface area contributed by atoms with Crippen molar-refractivity contribution in [2.75, 3.05) is 7.11 Å². The molecule has 0 radical (unpaired) electrons. The molecule has 0 aliphatic rings. The Hall–Kier alpha value is -2.29. The van der Waals surface area contributed by atoms with Crippen LogP contribution in [0.2, 0.25) is 0 Å². The summed E-state index contributed by atoms with van der Waals surface area (Å²) >= 11 is 0. The fourth-order valence-electron chi connectivity index (χ4n) is 1.94. The van der Waals surface area contributed by atoms with E-state index in [9.17, 15) is 9.90 Å². The molecule has 2 rings (SSSR count). The fraction of sp³-hybridized carbons (Fsp3) is 0.133. The number of rotatable bonds is 3. The first kappa shape index (κ1) is 12.2. The topological polar surface area (TPSA) is 46.5 Å². The Kier molecular flexibility index (Phi) is 3.33. The van der Waals surface area contributed by atoms with E-state index in [1.165, 1.54) is 0 Å². The van der Waals surface area contributed by atoms with Gasteiger partial charge < -0.3 is 9.84 Å². The second-order valence-electron chi connectivity index (χ2n) is 4.11. The first-order chi connectivity index (χ1) is 8.63. The predicted octanol–water partition coefficient (Wildman–Crippen LogP) is 3.19. The third kappa shape index (κ3) is 2.35. The Labute approximate surface area is 106 Å². The lowest BCUT2D eigenvalue weighted by molar-refractivity contribution is 0.112. The summed E-state index contributed by atoms with van der Waals surface area (Å²) in [6.45, 7) is 1.91. The summed E-state index contributed by atoms with van der Waals surface area (Å²) in [6, 6.07) is 10.5. The smallest absolute Gasteiger partial charge is 0.150 e. The minimum Gasteiger partial charge on any atom is -0.508 e. The molecule has 0 heterocycles. The van der Waals surface area contributed by atoms with Crippen molar-refractivity contribution in [3.63, 3.8) is 0 Å². The van der Waals surface area contributed by atoms with Crippen molar-refractivity contribution < 1.29 is 14.6 Å². The van der Waals surface area contributed by atoms with Crippen LogP contribution in [-0.4, -0.2) is 18.5 Å². The highest BCUT2D eigenvalue weighted by molar-refractivity contribution is 5.81. The van der Waals surface area contributed by atoms with E-state index < -0.39 is 0 Å². The number of methoxy groups -OCH3 is 1. The highest BCUT2D eigenvalue weighted by atomic mass is 16.5. The minimum absolute atomic E-state index is 0.231. The van der Waals surface area contributed by atoms with Crippen molar-refractivity contribution in [1.82, 2.24) is 0 Å². The van der Waals surface area contributed by atoms with Gasteiger partial charge in [0, 0.05) is 5.56 Å². The highest BCUT2D eigenvalue weighted by Gasteiger charge is 2.06. The quantitative estimate of drug-likeness (QED) is 0.841. The molecule has 3 nitrogen and oxygen atoms in total. The summed E-state index contributed by atoms with van der Waals surface area (Å²) in [6.07, 6.45) is 0.793. The van der Waals surface area contributed by atoms with Crippen molar-refractivity contribution >= 4 is 6.29 Å². The van der Waals surface area contributed by atoms with Crippen molar-refractivity contribution in [3.05, 3.63) is 47.5 Å². The van der Waals surface area contributed by atoms with Crippen LogP contribution < -0.4 is 4.74 Å². The largest absolute Gasteiger partial charge is 0.508 e. The van der Waals surface area contributed by atoms with Crippen molar-refractivity contribution in [3.8, 4) is 22.6 Å². The van der Waals surface area contributed by atoms with Gasteiger partial charge in [0.05, 0.1) is 7.11 Å². The van der Waals surface area contributed by atoms with Crippen LogP contribution >= 0.6 is 0 Å². The van der Waals surface area contributed by atoms with Crippen LogP contribution in [0.15, 0.2) is 36.4 Å². The summed E-state index contributed by atoms with van der Waals surface area (Å²) in [5.74, 6) is 0.872. The van der Waals surface area contributed by atoms with Gasteiger partial charge in [0.25, 0.3) is 0 Å². The van der Waals surface area contributed by atoms with E-state index in [0.29, 0.717) is 11.3 Å². The van der Waals surface area contributed by atoms with E-state index in [2.05, 4.69) is 0 Å².